The summed E-state index contributed by atoms with van der Waals surface area (Å²) in [5, 5.41) is 13.8. The predicted octanol–water partition coefficient (Wildman–Crippen LogP) is 4.64. The molecule has 6 nitrogen and oxygen atoms in total. The second kappa shape index (κ2) is 9.12. The summed E-state index contributed by atoms with van der Waals surface area (Å²) in [7, 11) is 1.84. The van der Waals surface area contributed by atoms with Crippen molar-refractivity contribution in [2.45, 2.75) is 11.1 Å². The number of aryl methyl sites for hydroxylation is 1. The van der Waals surface area contributed by atoms with Gasteiger partial charge in [0.05, 0.1) is 5.75 Å². The molecule has 0 aliphatic carbocycles. The number of thioether (sulfide) groups is 1. The number of nitrogens with zero attached hydrogens (tertiary/aromatic N) is 3. The van der Waals surface area contributed by atoms with E-state index in [2.05, 4.69) is 26.6 Å². The molecule has 2 N–H and O–H groups in total. The largest absolute Gasteiger partial charge is 0.361 e. The van der Waals surface area contributed by atoms with E-state index in [-0.39, 0.29) is 17.6 Å². The summed E-state index contributed by atoms with van der Waals surface area (Å²) < 4.78 is 1.78. The quantitative estimate of drug-likeness (QED) is 0.394. The minimum absolute atomic E-state index is 0.0853. The molecular formula is C21H19Cl2N5OS. The SMILES string of the molecule is Cn1cnnc1SCC(=O)NC[C@@H](c1ccc(Cl)cc1Cl)c1c[nH]c2ccccc12. The minimum Gasteiger partial charge on any atom is -0.361 e. The maximum atomic E-state index is 12.5. The van der Waals surface area contributed by atoms with E-state index in [1.807, 2.05) is 43.6 Å². The lowest BCUT2D eigenvalue weighted by Crippen LogP contribution is -2.30. The van der Waals surface area contributed by atoms with Crippen molar-refractivity contribution in [3.8, 4) is 0 Å². The second-order valence-electron chi connectivity index (χ2n) is 6.83. The van der Waals surface area contributed by atoms with Gasteiger partial charge in [-0.25, -0.2) is 0 Å². The summed E-state index contributed by atoms with van der Waals surface area (Å²) in [6, 6.07) is 13.5. The van der Waals surface area contributed by atoms with Crippen molar-refractivity contribution < 1.29 is 4.79 Å². The molecule has 1 atom stereocenters. The summed E-state index contributed by atoms with van der Waals surface area (Å²) in [5.74, 6) is 0.0363. The molecule has 0 spiro atoms. The Kier molecular flexibility index (Phi) is 6.32. The van der Waals surface area contributed by atoms with Gasteiger partial charge in [-0.1, -0.05) is 59.2 Å². The van der Waals surface area contributed by atoms with E-state index in [0.29, 0.717) is 21.7 Å². The molecule has 1 amide bonds. The fraction of sp³-hybridized carbons (Fsp3) is 0.190. The number of H-pyrrole nitrogens is 1. The van der Waals surface area contributed by atoms with Gasteiger partial charge in [-0.05, 0) is 29.3 Å². The average Bonchev–Trinajstić information content (AvgIpc) is 3.34. The van der Waals surface area contributed by atoms with Gasteiger partial charge in [0.2, 0.25) is 5.91 Å². The lowest BCUT2D eigenvalue weighted by atomic mass is 9.90. The number of benzene rings is 2. The van der Waals surface area contributed by atoms with Crippen molar-refractivity contribution in [3.63, 3.8) is 0 Å². The fourth-order valence-electron chi connectivity index (χ4n) is 3.35. The summed E-state index contributed by atoms with van der Waals surface area (Å²) in [5.41, 5.74) is 3.01. The van der Waals surface area contributed by atoms with Crippen molar-refractivity contribution in [1.29, 1.82) is 0 Å². The first-order chi connectivity index (χ1) is 14.5. The molecule has 0 fully saturated rings. The van der Waals surface area contributed by atoms with Gasteiger partial charge in [0.15, 0.2) is 5.16 Å². The molecule has 4 rings (SSSR count). The standard InChI is InChI=1S/C21H19Cl2N5OS/c1-28-12-26-27-21(28)30-11-20(29)25-10-16(14-7-6-13(22)8-18(14)23)17-9-24-19-5-3-2-4-15(17)19/h2-9,12,16,24H,10-11H2,1H3,(H,25,29)/t16-/m0/s1. The van der Waals surface area contributed by atoms with Crippen molar-refractivity contribution in [2.75, 3.05) is 12.3 Å². The van der Waals surface area contributed by atoms with E-state index in [1.54, 1.807) is 17.0 Å². The number of amides is 1. The number of para-hydroxylation sites is 1. The Morgan fingerprint density at radius 1 is 1.23 bits per heavy atom. The molecule has 154 valence electrons. The molecule has 4 aromatic rings. The summed E-state index contributed by atoms with van der Waals surface area (Å²) in [6.45, 7) is 0.404. The minimum atomic E-state index is -0.130. The molecule has 0 saturated heterocycles. The van der Waals surface area contributed by atoms with Crippen LogP contribution in [0.25, 0.3) is 10.9 Å². The van der Waals surface area contributed by atoms with Gasteiger partial charge in [0.25, 0.3) is 0 Å². The van der Waals surface area contributed by atoms with Gasteiger partial charge >= 0.3 is 0 Å². The first kappa shape index (κ1) is 20.8. The zero-order valence-electron chi connectivity index (χ0n) is 16.1. The van der Waals surface area contributed by atoms with Crippen LogP contribution in [0.15, 0.2) is 60.1 Å². The van der Waals surface area contributed by atoms with Crippen LogP contribution in [0.3, 0.4) is 0 Å². The van der Waals surface area contributed by atoms with Crippen molar-refractivity contribution >= 4 is 51.8 Å². The van der Waals surface area contributed by atoms with Crippen molar-refractivity contribution in [3.05, 3.63) is 76.2 Å². The molecule has 9 heteroatoms. The molecule has 0 saturated carbocycles. The maximum Gasteiger partial charge on any atom is 0.230 e. The molecule has 2 aromatic carbocycles. The smallest absolute Gasteiger partial charge is 0.230 e. The van der Waals surface area contributed by atoms with Crippen LogP contribution < -0.4 is 5.32 Å². The molecule has 0 aliphatic heterocycles. The number of carbonyl (C=O) groups excluding carboxylic acids is 1. The van der Waals surface area contributed by atoms with Gasteiger partial charge in [0.1, 0.15) is 6.33 Å². The molecule has 0 aliphatic rings. The molecule has 0 bridgehead atoms. The Labute approximate surface area is 188 Å². The third kappa shape index (κ3) is 4.48. The first-order valence-corrected chi connectivity index (χ1v) is 11.0. The van der Waals surface area contributed by atoms with Gasteiger partial charge < -0.3 is 14.9 Å². The van der Waals surface area contributed by atoms with Gasteiger partial charge in [-0.2, -0.15) is 0 Å². The zero-order chi connectivity index (χ0) is 21.1. The average molecular weight is 460 g/mol. The highest BCUT2D eigenvalue weighted by atomic mass is 35.5. The fourth-order valence-corrected chi connectivity index (χ4v) is 4.61. The number of hydrogen-bond donors (Lipinski definition) is 2. The molecule has 2 aromatic heterocycles. The molecule has 30 heavy (non-hydrogen) atoms. The number of rotatable bonds is 7. The number of carbonyl (C=O) groups is 1. The lowest BCUT2D eigenvalue weighted by molar-refractivity contribution is -0.118. The van der Waals surface area contributed by atoms with E-state index >= 15 is 0 Å². The van der Waals surface area contributed by atoms with E-state index in [0.717, 1.165) is 22.0 Å². The van der Waals surface area contributed by atoms with Crippen LogP contribution in [0.5, 0.6) is 0 Å². The normalized spacial score (nSPS) is 12.2. The van der Waals surface area contributed by atoms with Gasteiger partial charge in [0, 0.05) is 46.7 Å². The Morgan fingerprint density at radius 3 is 2.83 bits per heavy atom. The molecule has 0 unspecified atom stereocenters. The van der Waals surface area contributed by atoms with Crippen LogP contribution in [0, 0.1) is 0 Å². The van der Waals surface area contributed by atoms with Crippen LogP contribution in [0.2, 0.25) is 10.0 Å². The Hall–Kier alpha value is -2.48. The van der Waals surface area contributed by atoms with Crippen LogP contribution in [0.1, 0.15) is 17.0 Å². The number of aromatic nitrogens is 4. The van der Waals surface area contributed by atoms with Crippen LogP contribution in [0.4, 0.5) is 0 Å². The van der Waals surface area contributed by atoms with Gasteiger partial charge in [-0.15, -0.1) is 10.2 Å². The highest BCUT2D eigenvalue weighted by Gasteiger charge is 2.21. The molecule has 0 radical (unpaired) electrons. The Balaban J connectivity index is 1.56. The van der Waals surface area contributed by atoms with E-state index < -0.39 is 0 Å². The molecule has 2 heterocycles. The second-order valence-corrected chi connectivity index (χ2v) is 8.61. The van der Waals surface area contributed by atoms with Crippen molar-refractivity contribution in [1.82, 2.24) is 25.1 Å². The number of aromatic amines is 1. The Bertz CT molecular complexity index is 1190. The highest BCUT2D eigenvalue weighted by molar-refractivity contribution is 7.99. The third-order valence-corrected chi connectivity index (χ3v) is 6.44. The highest BCUT2D eigenvalue weighted by Crippen LogP contribution is 2.35. The number of hydrogen-bond acceptors (Lipinski definition) is 4. The topological polar surface area (TPSA) is 75.6 Å². The van der Waals surface area contributed by atoms with Crippen LogP contribution in [-0.4, -0.2) is 38.0 Å². The number of halogens is 2. The summed E-state index contributed by atoms with van der Waals surface area (Å²) in [4.78, 5) is 15.8. The zero-order valence-corrected chi connectivity index (χ0v) is 18.4. The lowest BCUT2D eigenvalue weighted by Gasteiger charge is -2.19. The summed E-state index contributed by atoms with van der Waals surface area (Å²) >= 11 is 14.0. The maximum absolute atomic E-state index is 12.5. The first-order valence-electron chi connectivity index (χ1n) is 9.27. The summed E-state index contributed by atoms with van der Waals surface area (Å²) in [6.07, 6.45) is 3.58. The van der Waals surface area contributed by atoms with E-state index in [1.165, 1.54) is 11.8 Å². The predicted molar refractivity (Wildman–Crippen MR) is 121 cm³/mol. The van der Waals surface area contributed by atoms with E-state index in [9.17, 15) is 4.79 Å². The van der Waals surface area contributed by atoms with Crippen molar-refractivity contribution in [2.24, 2.45) is 7.05 Å². The molecular weight excluding hydrogens is 441 g/mol. The van der Waals surface area contributed by atoms with Crippen LogP contribution in [-0.2, 0) is 11.8 Å². The van der Waals surface area contributed by atoms with Gasteiger partial charge in [-0.3, -0.25) is 4.79 Å². The monoisotopic (exact) mass is 459 g/mol. The number of fused-ring (bicyclic) bond motifs is 1. The van der Waals surface area contributed by atoms with Crippen LogP contribution >= 0.6 is 35.0 Å². The van der Waals surface area contributed by atoms with E-state index in [4.69, 9.17) is 23.2 Å². The third-order valence-electron chi connectivity index (χ3n) is 4.84. The number of nitrogens with one attached hydrogen (secondary N) is 2. The Morgan fingerprint density at radius 2 is 2.07 bits per heavy atom.